The van der Waals surface area contributed by atoms with E-state index in [1.807, 2.05) is 0 Å². The molecule has 0 aliphatic heterocycles. The van der Waals surface area contributed by atoms with Gasteiger partial charge in [-0.05, 0) is 79.5 Å². The minimum atomic E-state index is 0.632. The molecule has 0 spiro atoms. The number of benzene rings is 9. The van der Waals surface area contributed by atoms with E-state index in [0.29, 0.717) is 5.56 Å². The van der Waals surface area contributed by atoms with Crippen LogP contribution in [0.5, 0.6) is 0 Å². The highest BCUT2D eigenvalue weighted by Gasteiger charge is 2.23. The molecule has 0 aliphatic rings. The topological polar surface area (TPSA) is 33.6 Å². The summed E-state index contributed by atoms with van der Waals surface area (Å²) < 4.78 is 4.62. The van der Waals surface area contributed by atoms with Crippen molar-refractivity contribution < 1.29 is 0 Å². The summed E-state index contributed by atoms with van der Waals surface area (Å²) in [6.07, 6.45) is 0. The lowest BCUT2D eigenvalue weighted by molar-refractivity contribution is 1.12. The van der Waals surface area contributed by atoms with Gasteiger partial charge in [0.1, 0.15) is 11.6 Å². The molecular formula is C47H27N3. The van der Waals surface area contributed by atoms with Crippen LogP contribution in [-0.4, -0.2) is 9.13 Å². The lowest BCUT2D eigenvalue weighted by Crippen LogP contribution is -2.04. The molecule has 0 aliphatic carbocycles. The predicted octanol–water partition coefficient (Wildman–Crippen LogP) is 12.4. The quantitative estimate of drug-likeness (QED) is 0.186. The van der Waals surface area contributed by atoms with Crippen LogP contribution in [-0.2, 0) is 0 Å². The summed E-state index contributed by atoms with van der Waals surface area (Å²) in [6.45, 7) is 0. The highest BCUT2D eigenvalue weighted by Crippen LogP contribution is 2.44. The van der Waals surface area contributed by atoms with Crippen molar-refractivity contribution in [3.8, 4) is 17.4 Å². The fraction of sp³-hybridized carbons (Fsp3) is 0. The molecule has 0 saturated carbocycles. The molecule has 3 nitrogen and oxygen atoms in total. The van der Waals surface area contributed by atoms with Gasteiger partial charge in [0.05, 0.1) is 33.4 Å². The lowest BCUT2D eigenvalue weighted by Gasteiger charge is -2.16. The molecule has 50 heavy (non-hydrogen) atoms. The Morgan fingerprint density at radius 1 is 0.320 bits per heavy atom. The monoisotopic (exact) mass is 633 g/mol. The fourth-order valence-electron chi connectivity index (χ4n) is 8.63. The molecule has 0 bridgehead atoms. The molecule has 0 saturated heterocycles. The molecule has 0 N–H and O–H groups in total. The SMILES string of the molecule is N#Cc1c(-n2c3ccc4ccccc4c3c3c4ccccc4ccc32)cccc1-n1c2ccc3ccccc3c2c2c3ccccc3ccc21. The second kappa shape index (κ2) is 10.1. The highest BCUT2D eigenvalue weighted by atomic mass is 15.0. The van der Waals surface area contributed by atoms with Crippen LogP contribution in [0.2, 0.25) is 0 Å². The third kappa shape index (κ3) is 3.52. The first-order chi connectivity index (χ1) is 24.8. The summed E-state index contributed by atoms with van der Waals surface area (Å²) in [5, 5.41) is 25.7. The molecule has 11 rings (SSSR count). The number of hydrogen-bond donors (Lipinski definition) is 0. The van der Waals surface area contributed by atoms with Gasteiger partial charge >= 0.3 is 0 Å². The molecule has 3 heteroatoms. The smallest absolute Gasteiger partial charge is 0.104 e. The van der Waals surface area contributed by atoms with Crippen molar-refractivity contribution in [2.75, 3.05) is 0 Å². The molecular weight excluding hydrogens is 607 g/mol. The Bertz CT molecular complexity index is 2880. The average molecular weight is 634 g/mol. The first-order valence-electron chi connectivity index (χ1n) is 17.0. The van der Waals surface area contributed by atoms with Gasteiger partial charge in [0, 0.05) is 21.5 Å². The Hall–Kier alpha value is -6.89. The molecule has 230 valence electrons. The minimum absolute atomic E-state index is 0.632. The van der Waals surface area contributed by atoms with Crippen LogP contribution in [0.25, 0.3) is 98.1 Å². The summed E-state index contributed by atoms with van der Waals surface area (Å²) in [5.41, 5.74) is 6.71. The Labute approximate surface area is 287 Å². The van der Waals surface area contributed by atoms with Crippen molar-refractivity contribution in [3.05, 3.63) is 169 Å². The van der Waals surface area contributed by atoms with Gasteiger partial charge in [-0.25, -0.2) is 0 Å². The van der Waals surface area contributed by atoms with E-state index in [1.165, 1.54) is 64.6 Å². The van der Waals surface area contributed by atoms with Crippen LogP contribution in [0.3, 0.4) is 0 Å². The van der Waals surface area contributed by atoms with E-state index in [1.54, 1.807) is 0 Å². The summed E-state index contributed by atoms with van der Waals surface area (Å²) in [7, 11) is 0. The van der Waals surface area contributed by atoms with Crippen molar-refractivity contribution >= 4 is 86.7 Å². The van der Waals surface area contributed by atoms with Crippen molar-refractivity contribution in [1.29, 1.82) is 5.26 Å². The minimum Gasteiger partial charge on any atom is -0.308 e. The molecule has 0 fully saturated rings. The molecule has 0 atom stereocenters. The summed E-state index contributed by atoms with van der Waals surface area (Å²) in [6, 6.07) is 61.2. The van der Waals surface area contributed by atoms with Crippen molar-refractivity contribution in [1.82, 2.24) is 9.13 Å². The van der Waals surface area contributed by atoms with Gasteiger partial charge in [0.15, 0.2) is 0 Å². The van der Waals surface area contributed by atoms with Crippen molar-refractivity contribution in [2.45, 2.75) is 0 Å². The third-order valence-corrected chi connectivity index (χ3v) is 10.7. The zero-order valence-electron chi connectivity index (χ0n) is 26.9. The number of nitrogens with zero attached hydrogens (tertiary/aromatic N) is 3. The zero-order chi connectivity index (χ0) is 32.9. The molecule has 2 aromatic heterocycles. The molecule has 0 unspecified atom stereocenters. The number of aromatic nitrogens is 2. The van der Waals surface area contributed by atoms with Gasteiger partial charge in [-0.15, -0.1) is 0 Å². The second-order valence-corrected chi connectivity index (χ2v) is 13.2. The van der Waals surface area contributed by atoms with Gasteiger partial charge in [-0.3, -0.25) is 0 Å². The van der Waals surface area contributed by atoms with Crippen LogP contribution in [0.4, 0.5) is 0 Å². The van der Waals surface area contributed by atoms with Gasteiger partial charge in [0.25, 0.3) is 0 Å². The Kier molecular flexibility index (Phi) is 5.45. The number of rotatable bonds is 2. The van der Waals surface area contributed by atoms with E-state index in [2.05, 4.69) is 179 Å². The van der Waals surface area contributed by atoms with E-state index in [9.17, 15) is 5.26 Å². The van der Waals surface area contributed by atoms with Gasteiger partial charge in [-0.2, -0.15) is 5.26 Å². The second-order valence-electron chi connectivity index (χ2n) is 13.2. The molecule has 0 amide bonds. The first kappa shape index (κ1) is 27.1. The summed E-state index contributed by atoms with van der Waals surface area (Å²) >= 11 is 0. The van der Waals surface area contributed by atoms with E-state index >= 15 is 0 Å². The lowest BCUT2D eigenvalue weighted by atomic mass is 10.00. The molecule has 0 radical (unpaired) electrons. The van der Waals surface area contributed by atoms with E-state index in [4.69, 9.17) is 0 Å². The van der Waals surface area contributed by atoms with Crippen LogP contribution in [0.15, 0.2) is 164 Å². The summed E-state index contributed by atoms with van der Waals surface area (Å²) in [5.74, 6) is 0. The number of hydrogen-bond acceptors (Lipinski definition) is 1. The Morgan fingerprint density at radius 3 is 0.920 bits per heavy atom. The van der Waals surface area contributed by atoms with Crippen LogP contribution < -0.4 is 0 Å². The largest absolute Gasteiger partial charge is 0.308 e. The maximum Gasteiger partial charge on any atom is 0.104 e. The van der Waals surface area contributed by atoms with Crippen molar-refractivity contribution in [3.63, 3.8) is 0 Å². The highest BCUT2D eigenvalue weighted by molar-refractivity contribution is 6.30. The van der Waals surface area contributed by atoms with Gasteiger partial charge in [-0.1, -0.05) is 127 Å². The summed E-state index contributed by atoms with van der Waals surface area (Å²) in [4.78, 5) is 0. The van der Waals surface area contributed by atoms with Crippen LogP contribution in [0, 0.1) is 11.3 Å². The van der Waals surface area contributed by atoms with Crippen LogP contribution in [0.1, 0.15) is 5.56 Å². The predicted molar refractivity (Wildman–Crippen MR) is 210 cm³/mol. The zero-order valence-corrected chi connectivity index (χ0v) is 26.9. The molecule has 11 aromatic rings. The van der Waals surface area contributed by atoms with E-state index in [-0.39, 0.29) is 0 Å². The molecule has 9 aromatic carbocycles. The average Bonchev–Trinajstić information content (AvgIpc) is 3.71. The number of nitriles is 1. The van der Waals surface area contributed by atoms with Crippen molar-refractivity contribution in [2.24, 2.45) is 0 Å². The molecule has 2 heterocycles. The normalized spacial score (nSPS) is 12.0. The van der Waals surface area contributed by atoms with Gasteiger partial charge < -0.3 is 9.13 Å². The van der Waals surface area contributed by atoms with Crippen LogP contribution >= 0.6 is 0 Å². The standard InChI is InChI=1S/C47H27N3/c48-28-37-38(49-40-24-20-29-10-1-5-14-33(29)44(40)45-34-15-6-2-11-30(34)21-25-41(45)49)18-9-19-39(37)50-42-26-22-31-12-3-7-16-35(31)46(42)47-36-17-8-4-13-32(36)23-27-43(47)50/h1-27H. The van der Waals surface area contributed by atoms with E-state index < -0.39 is 0 Å². The maximum atomic E-state index is 11.2. The Balaban J connectivity index is 1.31. The van der Waals surface area contributed by atoms with Gasteiger partial charge in [0.2, 0.25) is 0 Å². The maximum absolute atomic E-state index is 11.2. The number of fused-ring (bicyclic) bond motifs is 14. The van der Waals surface area contributed by atoms with E-state index in [0.717, 1.165) is 33.4 Å². The fourth-order valence-corrected chi connectivity index (χ4v) is 8.63. The third-order valence-electron chi connectivity index (χ3n) is 10.7. The first-order valence-corrected chi connectivity index (χ1v) is 17.0. The Morgan fingerprint density at radius 2 is 0.620 bits per heavy atom.